The third-order valence-electron chi connectivity index (χ3n) is 4.17. The molecule has 0 aliphatic heterocycles. The quantitative estimate of drug-likeness (QED) is 0.463. The highest BCUT2D eigenvalue weighted by Crippen LogP contribution is 2.33. The summed E-state index contributed by atoms with van der Waals surface area (Å²) < 4.78 is 2.39. The minimum Gasteiger partial charge on any atom is -0.309 e. The van der Waals surface area contributed by atoms with Gasteiger partial charge in [-0.15, -0.1) is 0 Å². The Morgan fingerprint density at radius 1 is 0.714 bits per heavy atom. The molecule has 102 valence electrons. The Labute approximate surface area is 124 Å². The summed E-state index contributed by atoms with van der Waals surface area (Å²) in [5, 5.41) is 2.67. The van der Waals surface area contributed by atoms with E-state index in [2.05, 4.69) is 84.3 Å². The molecule has 1 heteroatoms. The van der Waals surface area contributed by atoms with E-state index in [1.165, 1.54) is 33.1 Å². The molecule has 0 spiro atoms. The van der Waals surface area contributed by atoms with Crippen LogP contribution in [0.2, 0.25) is 0 Å². The van der Waals surface area contributed by atoms with Gasteiger partial charge in [0.1, 0.15) is 0 Å². The van der Waals surface area contributed by atoms with Gasteiger partial charge in [0.2, 0.25) is 0 Å². The smallest absolute Gasteiger partial charge is 0.0572 e. The molecule has 1 heterocycles. The maximum absolute atomic E-state index is 2.39. The molecule has 0 unspecified atom stereocenters. The second-order valence-electron chi connectivity index (χ2n) is 5.35. The van der Waals surface area contributed by atoms with Crippen LogP contribution in [0, 0.1) is 0 Å². The number of aromatic nitrogens is 1. The Morgan fingerprint density at radius 3 is 2.24 bits per heavy atom. The molecular weight excluding hydrogens is 254 g/mol. The van der Waals surface area contributed by atoms with Gasteiger partial charge in [-0.1, -0.05) is 61.5 Å². The summed E-state index contributed by atoms with van der Waals surface area (Å²) in [5.41, 5.74) is 5.24. The van der Waals surface area contributed by atoms with Crippen molar-refractivity contribution in [2.24, 2.45) is 0 Å². The van der Waals surface area contributed by atoms with Gasteiger partial charge in [0.15, 0.2) is 0 Å². The predicted molar refractivity (Wildman–Crippen MR) is 90.2 cm³/mol. The van der Waals surface area contributed by atoms with Crippen molar-refractivity contribution in [2.45, 2.75) is 13.3 Å². The zero-order valence-corrected chi connectivity index (χ0v) is 12.1. The van der Waals surface area contributed by atoms with Crippen LogP contribution in [0.15, 0.2) is 72.8 Å². The van der Waals surface area contributed by atoms with E-state index in [1.807, 2.05) is 0 Å². The molecule has 0 radical (unpaired) electrons. The summed E-state index contributed by atoms with van der Waals surface area (Å²) in [6, 6.07) is 25.9. The second kappa shape index (κ2) is 4.78. The van der Waals surface area contributed by atoms with Gasteiger partial charge in [-0.25, -0.2) is 0 Å². The summed E-state index contributed by atoms with van der Waals surface area (Å²) >= 11 is 0. The van der Waals surface area contributed by atoms with Crippen LogP contribution in [-0.4, -0.2) is 4.57 Å². The van der Waals surface area contributed by atoms with E-state index in [0.29, 0.717) is 0 Å². The van der Waals surface area contributed by atoms with E-state index in [9.17, 15) is 0 Å². The fourth-order valence-corrected chi connectivity index (χ4v) is 3.22. The Balaban J connectivity index is 2.25. The number of fused-ring (bicyclic) bond motifs is 3. The molecule has 0 fully saturated rings. The first kappa shape index (κ1) is 12.2. The van der Waals surface area contributed by atoms with E-state index >= 15 is 0 Å². The van der Waals surface area contributed by atoms with E-state index < -0.39 is 0 Å². The van der Waals surface area contributed by atoms with Crippen LogP contribution in [-0.2, 0) is 6.42 Å². The lowest BCUT2D eigenvalue weighted by Crippen LogP contribution is -1.95. The van der Waals surface area contributed by atoms with Gasteiger partial charge in [0, 0.05) is 16.5 Å². The minimum absolute atomic E-state index is 1.04. The summed E-state index contributed by atoms with van der Waals surface area (Å²) in [5.74, 6) is 0. The highest BCUT2D eigenvalue weighted by molar-refractivity contribution is 6.10. The monoisotopic (exact) mass is 271 g/mol. The molecule has 0 saturated carbocycles. The first-order valence-corrected chi connectivity index (χ1v) is 7.46. The molecule has 0 saturated heterocycles. The van der Waals surface area contributed by atoms with Crippen molar-refractivity contribution in [3.05, 3.63) is 78.4 Å². The molecule has 0 bridgehead atoms. The summed E-state index contributed by atoms with van der Waals surface area (Å²) in [7, 11) is 0. The number of aryl methyl sites for hydroxylation is 1. The first-order chi connectivity index (χ1) is 10.4. The molecule has 4 rings (SSSR count). The summed E-state index contributed by atoms with van der Waals surface area (Å²) in [6.07, 6.45) is 1.04. The fourth-order valence-electron chi connectivity index (χ4n) is 3.22. The third kappa shape index (κ3) is 1.78. The molecule has 4 aromatic rings. The number of hydrogen-bond acceptors (Lipinski definition) is 0. The van der Waals surface area contributed by atoms with Gasteiger partial charge in [0.25, 0.3) is 0 Å². The maximum Gasteiger partial charge on any atom is 0.0572 e. The molecule has 3 aromatic carbocycles. The number of hydrogen-bond donors (Lipinski definition) is 0. The van der Waals surface area contributed by atoms with Gasteiger partial charge in [-0.05, 0) is 30.2 Å². The lowest BCUT2D eigenvalue weighted by molar-refractivity contribution is 1.11. The molecule has 21 heavy (non-hydrogen) atoms. The van der Waals surface area contributed by atoms with Crippen molar-refractivity contribution >= 4 is 21.8 Å². The van der Waals surface area contributed by atoms with Crippen molar-refractivity contribution in [1.29, 1.82) is 0 Å². The Kier molecular flexibility index (Phi) is 2.78. The van der Waals surface area contributed by atoms with Crippen molar-refractivity contribution in [3.8, 4) is 5.69 Å². The molecule has 0 amide bonds. The van der Waals surface area contributed by atoms with Gasteiger partial charge in [-0.2, -0.15) is 0 Å². The topological polar surface area (TPSA) is 4.93 Å². The molecule has 1 nitrogen and oxygen atoms in total. The summed E-state index contributed by atoms with van der Waals surface area (Å²) in [4.78, 5) is 0. The Hall–Kier alpha value is -2.54. The lowest BCUT2D eigenvalue weighted by atomic mass is 10.1. The molecule has 0 N–H and O–H groups in total. The molecule has 1 aromatic heterocycles. The largest absolute Gasteiger partial charge is 0.309 e. The van der Waals surface area contributed by atoms with Crippen LogP contribution in [0.5, 0.6) is 0 Å². The Bertz CT molecular complexity index is 917. The highest BCUT2D eigenvalue weighted by Gasteiger charge is 2.13. The van der Waals surface area contributed by atoms with E-state index in [4.69, 9.17) is 0 Å². The third-order valence-corrected chi connectivity index (χ3v) is 4.17. The van der Waals surface area contributed by atoms with E-state index in [0.717, 1.165) is 6.42 Å². The van der Waals surface area contributed by atoms with Crippen LogP contribution in [0.4, 0.5) is 0 Å². The number of rotatable bonds is 2. The standard InChI is InChI=1S/C20H17N/c1-2-15-9-8-13-18-17-12-6-7-14-19(17)21(20(15)18)16-10-4-3-5-11-16/h3-14H,2H2,1H3. The normalized spacial score (nSPS) is 11.3. The molecule has 0 aliphatic rings. The summed E-state index contributed by atoms with van der Waals surface area (Å²) in [6.45, 7) is 2.22. The Morgan fingerprint density at radius 2 is 1.43 bits per heavy atom. The van der Waals surface area contributed by atoms with Crippen LogP contribution in [0.25, 0.3) is 27.5 Å². The zero-order valence-electron chi connectivity index (χ0n) is 12.1. The molecule has 0 aliphatic carbocycles. The van der Waals surface area contributed by atoms with Gasteiger partial charge < -0.3 is 4.57 Å². The van der Waals surface area contributed by atoms with Crippen molar-refractivity contribution in [3.63, 3.8) is 0 Å². The van der Waals surface area contributed by atoms with Crippen molar-refractivity contribution < 1.29 is 0 Å². The predicted octanol–water partition coefficient (Wildman–Crippen LogP) is 5.35. The maximum atomic E-state index is 2.39. The first-order valence-electron chi connectivity index (χ1n) is 7.46. The number of nitrogens with zero attached hydrogens (tertiary/aromatic N) is 1. The van der Waals surface area contributed by atoms with E-state index in [1.54, 1.807) is 0 Å². The second-order valence-corrected chi connectivity index (χ2v) is 5.35. The van der Waals surface area contributed by atoms with Gasteiger partial charge in [0.05, 0.1) is 11.0 Å². The SMILES string of the molecule is CCc1cccc2c3ccccc3n(-c3ccccc3)c12. The van der Waals surface area contributed by atoms with Gasteiger partial charge in [-0.3, -0.25) is 0 Å². The van der Waals surface area contributed by atoms with Crippen molar-refractivity contribution in [1.82, 2.24) is 4.57 Å². The zero-order chi connectivity index (χ0) is 14.2. The number of benzene rings is 3. The fraction of sp³-hybridized carbons (Fsp3) is 0.100. The minimum atomic E-state index is 1.04. The van der Waals surface area contributed by atoms with Crippen LogP contribution in [0.1, 0.15) is 12.5 Å². The average Bonchev–Trinajstić information content (AvgIpc) is 2.90. The molecule has 0 atom stereocenters. The van der Waals surface area contributed by atoms with Crippen molar-refractivity contribution in [2.75, 3.05) is 0 Å². The van der Waals surface area contributed by atoms with Gasteiger partial charge >= 0.3 is 0 Å². The van der Waals surface area contributed by atoms with Crippen LogP contribution >= 0.6 is 0 Å². The van der Waals surface area contributed by atoms with Crippen LogP contribution < -0.4 is 0 Å². The average molecular weight is 271 g/mol. The number of para-hydroxylation sites is 3. The highest BCUT2D eigenvalue weighted by atomic mass is 15.0. The molecular formula is C20H17N. The lowest BCUT2D eigenvalue weighted by Gasteiger charge is -2.10. The van der Waals surface area contributed by atoms with E-state index in [-0.39, 0.29) is 0 Å². The van der Waals surface area contributed by atoms with Crippen LogP contribution in [0.3, 0.4) is 0 Å².